The molecule has 2 fully saturated rings. The zero-order valence-electron chi connectivity index (χ0n) is 13.5. The Morgan fingerprint density at radius 2 is 1.52 bits per heavy atom. The van der Waals surface area contributed by atoms with Crippen molar-refractivity contribution < 1.29 is 0 Å². The predicted octanol–water partition coefficient (Wildman–Crippen LogP) is 3.46. The van der Waals surface area contributed by atoms with Gasteiger partial charge in [0.1, 0.15) is 0 Å². The molecule has 1 aromatic rings. The van der Waals surface area contributed by atoms with Gasteiger partial charge in [0, 0.05) is 19.6 Å². The zero-order chi connectivity index (χ0) is 14.5. The molecule has 1 N–H and O–H groups in total. The van der Waals surface area contributed by atoms with Crippen LogP contribution in [-0.4, -0.2) is 31.1 Å². The molecule has 0 unspecified atom stereocenters. The highest BCUT2D eigenvalue weighted by atomic mass is 15.1. The van der Waals surface area contributed by atoms with E-state index in [0.717, 1.165) is 37.9 Å². The van der Waals surface area contributed by atoms with Crippen LogP contribution in [-0.2, 0) is 13.0 Å². The Balaban J connectivity index is 1.49. The standard InChI is InChI=1S/C19H30N2/c1-2-20-12-11-16-3-5-17(6-4-16)13-21(14-18-7-8-18)15-19-9-10-19/h3-6,18-20H,2,7-15H2,1H3. The first kappa shape index (κ1) is 15.1. The van der Waals surface area contributed by atoms with Gasteiger partial charge in [-0.3, -0.25) is 4.90 Å². The Kier molecular flexibility index (Phi) is 5.32. The van der Waals surface area contributed by atoms with E-state index < -0.39 is 0 Å². The molecule has 2 nitrogen and oxygen atoms in total. The van der Waals surface area contributed by atoms with Crippen LogP contribution in [0, 0.1) is 11.8 Å². The molecule has 116 valence electrons. The molecule has 2 aliphatic carbocycles. The van der Waals surface area contributed by atoms with Crippen molar-refractivity contribution in [2.75, 3.05) is 26.2 Å². The average molecular weight is 286 g/mol. The maximum atomic E-state index is 3.39. The Bertz CT molecular complexity index is 404. The molecule has 0 aromatic heterocycles. The average Bonchev–Trinajstić information content (AvgIpc) is 3.38. The first-order chi connectivity index (χ1) is 10.3. The smallest absolute Gasteiger partial charge is 0.0233 e. The van der Waals surface area contributed by atoms with E-state index in [0.29, 0.717) is 0 Å². The Morgan fingerprint density at radius 3 is 2.05 bits per heavy atom. The molecular formula is C19H30N2. The molecule has 0 amide bonds. The lowest BCUT2D eigenvalue weighted by Crippen LogP contribution is -2.27. The largest absolute Gasteiger partial charge is 0.317 e. The van der Waals surface area contributed by atoms with E-state index in [2.05, 4.69) is 41.4 Å². The van der Waals surface area contributed by atoms with Crippen molar-refractivity contribution >= 4 is 0 Å². The SMILES string of the molecule is CCNCCc1ccc(CN(CC2CC2)CC2CC2)cc1. The topological polar surface area (TPSA) is 15.3 Å². The van der Waals surface area contributed by atoms with Gasteiger partial charge in [0.15, 0.2) is 0 Å². The summed E-state index contributed by atoms with van der Waals surface area (Å²) < 4.78 is 0. The Labute approximate surface area is 129 Å². The number of rotatable bonds is 10. The van der Waals surface area contributed by atoms with Crippen molar-refractivity contribution in [3.05, 3.63) is 35.4 Å². The summed E-state index contributed by atoms with van der Waals surface area (Å²) in [6.07, 6.45) is 6.99. The summed E-state index contributed by atoms with van der Waals surface area (Å²) in [5, 5.41) is 3.39. The molecule has 0 heterocycles. The normalized spacial score (nSPS) is 18.4. The van der Waals surface area contributed by atoms with Crippen molar-refractivity contribution in [1.82, 2.24) is 10.2 Å². The first-order valence-corrected chi connectivity index (χ1v) is 8.84. The number of likely N-dealkylation sites (N-methyl/N-ethyl adjacent to an activating group) is 1. The number of benzene rings is 1. The summed E-state index contributed by atoms with van der Waals surface area (Å²) in [5.74, 6) is 2.01. The first-order valence-electron chi connectivity index (χ1n) is 8.84. The third-order valence-electron chi connectivity index (χ3n) is 4.70. The molecule has 0 atom stereocenters. The fourth-order valence-electron chi connectivity index (χ4n) is 3.01. The molecule has 0 spiro atoms. The van der Waals surface area contributed by atoms with Crippen LogP contribution in [0.25, 0.3) is 0 Å². The number of hydrogen-bond acceptors (Lipinski definition) is 2. The summed E-state index contributed by atoms with van der Waals surface area (Å²) >= 11 is 0. The second-order valence-electron chi connectivity index (χ2n) is 7.00. The van der Waals surface area contributed by atoms with Crippen LogP contribution in [0.3, 0.4) is 0 Å². The summed E-state index contributed by atoms with van der Waals surface area (Å²) in [5.41, 5.74) is 2.94. The van der Waals surface area contributed by atoms with Crippen LogP contribution < -0.4 is 5.32 Å². The minimum absolute atomic E-state index is 1.00. The monoisotopic (exact) mass is 286 g/mol. The third kappa shape index (κ3) is 5.44. The maximum Gasteiger partial charge on any atom is 0.0233 e. The van der Waals surface area contributed by atoms with Gasteiger partial charge in [-0.25, -0.2) is 0 Å². The summed E-state index contributed by atoms with van der Waals surface area (Å²) in [6.45, 7) is 8.13. The molecule has 1 aromatic carbocycles. The molecule has 3 rings (SSSR count). The van der Waals surface area contributed by atoms with Crippen molar-refractivity contribution in [2.45, 2.75) is 45.6 Å². The fraction of sp³-hybridized carbons (Fsp3) is 0.684. The number of nitrogens with one attached hydrogen (secondary N) is 1. The zero-order valence-corrected chi connectivity index (χ0v) is 13.5. The van der Waals surface area contributed by atoms with E-state index in [1.165, 1.54) is 49.9 Å². The van der Waals surface area contributed by atoms with Crippen LogP contribution in [0.4, 0.5) is 0 Å². The van der Waals surface area contributed by atoms with E-state index in [-0.39, 0.29) is 0 Å². The minimum atomic E-state index is 1.00. The van der Waals surface area contributed by atoms with Gasteiger partial charge >= 0.3 is 0 Å². The van der Waals surface area contributed by atoms with Crippen molar-refractivity contribution in [3.63, 3.8) is 0 Å². The predicted molar refractivity (Wildman–Crippen MR) is 89.4 cm³/mol. The maximum absolute atomic E-state index is 3.39. The van der Waals surface area contributed by atoms with Crippen LogP contribution in [0.5, 0.6) is 0 Å². The molecule has 0 bridgehead atoms. The van der Waals surface area contributed by atoms with Gasteiger partial charge in [-0.15, -0.1) is 0 Å². The number of nitrogens with zero attached hydrogens (tertiary/aromatic N) is 1. The van der Waals surface area contributed by atoms with Crippen LogP contribution in [0.2, 0.25) is 0 Å². The lowest BCUT2D eigenvalue weighted by Gasteiger charge is -2.22. The summed E-state index contributed by atoms with van der Waals surface area (Å²) in [4.78, 5) is 2.71. The summed E-state index contributed by atoms with van der Waals surface area (Å²) in [7, 11) is 0. The minimum Gasteiger partial charge on any atom is -0.317 e. The molecule has 2 heteroatoms. The second kappa shape index (κ2) is 7.42. The molecular weight excluding hydrogens is 256 g/mol. The van der Waals surface area contributed by atoms with E-state index in [1.807, 2.05) is 0 Å². The van der Waals surface area contributed by atoms with Crippen LogP contribution in [0.15, 0.2) is 24.3 Å². The Morgan fingerprint density at radius 1 is 0.952 bits per heavy atom. The van der Waals surface area contributed by atoms with Gasteiger partial charge < -0.3 is 5.32 Å². The van der Waals surface area contributed by atoms with Crippen molar-refractivity contribution in [1.29, 1.82) is 0 Å². The molecule has 21 heavy (non-hydrogen) atoms. The highest BCUT2D eigenvalue weighted by Gasteiger charge is 2.29. The van der Waals surface area contributed by atoms with Gasteiger partial charge in [-0.1, -0.05) is 31.2 Å². The molecule has 0 radical (unpaired) electrons. The molecule has 2 aliphatic rings. The second-order valence-corrected chi connectivity index (χ2v) is 7.00. The van der Waals surface area contributed by atoms with E-state index in [9.17, 15) is 0 Å². The number of hydrogen-bond donors (Lipinski definition) is 1. The van der Waals surface area contributed by atoms with E-state index in [1.54, 1.807) is 0 Å². The van der Waals surface area contributed by atoms with Gasteiger partial charge in [0.2, 0.25) is 0 Å². The lowest BCUT2D eigenvalue weighted by atomic mass is 10.1. The van der Waals surface area contributed by atoms with Gasteiger partial charge in [-0.2, -0.15) is 0 Å². The quantitative estimate of drug-likeness (QED) is 0.663. The van der Waals surface area contributed by atoms with Crippen molar-refractivity contribution in [3.8, 4) is 0 Å². The van der Waals surface area contributed by atoms with Crippen molar-refractivity contribution in [2.24, 2.45) is 11.8 Å². The van der Waals surface area contributed by atoms with E-state index in [4.69, 9.17) is 0 Å². The fourth-order valence-corrected chi connectivity index (χ4v) is 3.01. The van der Waals surface area contributed by atoms with Crippen LogP contribution >= 0.6 is 0 Å². The highest BCUT2D eigenvalue weighted by molar-refractivity contribution is 5.22. The van der Waals surface area contributed by atoms with E-state index >= 15 is 0 Å². The molecule has 0 saturated heterocycles. The lowest BCUT2D eigenvalue weighted by molar-refractivity contribution is 0.244. The highest BCUT2D eigenvalue weighted by Crippen LogP contribution is 2.34. The molecule has 2 saturated carbocycles. The Hall–Kier alpha value is -0.860. The summed E-state index contributed by atoms with van der Waals surface area (Å²) in [6, 6.07) is 9.32. The molecule has 0 aliphatic heterocycles. The van der Waals surface area contributed by atoms with Gasteiger partial charge in [-0.05, 0) is 68.2 Å². The van der Waals surface area contributed by atoms with Crippen LogP contribution in [0.1, 0.15) is 43.7 Å². The van der Waals surface area contributed by atoms with Gasteiger partial charge in [0.05, 0.1) is 0 Å². The van der Waals surface area contributed by atoms with Gasteiger partial charge in [0.25, 0.3) is 0 Å². The third-order valence-corrected chi connectivity index (χ3v) is 4.70.